The molecule has 1 heterocycles. The molecule has 0 aliphatic carbocycles. The minimum Gasteiger partial charge on any atom is -0.349 e. The van der Waals surface area contributed by atoms with Gasteiger partial charge in [-0.3, -0.25) is 14.9 Å². The molecule has 1 aliphatic heterocycles. The van der Waals surface area contributed by atoms with E-state index >= 15 is 0 Å². The van der Waals surface area contributed by atoms with Crippen molar-refractivity contribution in [3.05, 3.63) is 38.9 Å². The number of nitrogens with one attached hydrogen (secondary N) is 1. The highest BCUT2D eigenvalue weighted by atomic mass is 35.5. The Morgan fingerprint density at radius 3 is 2.81 bits per heavy atom. The summed E-state index contributed by atoms with van der Waals surface area (Å²) in [5.41, 5.74) is 0.599. The van der Waals surface area contributed by atoms with E-state index in [1.807, 2.05) is 0 Å². The Kier molecular flexibility index (Phi) is 2.78. The van der Waals surface area contributed by atoms with Gasteiger partial charge in [0.15, 0.2) is 0 Å². The summed E-state index contributed by atoms with van der Waals surface area (Å²) >= 11 is 5.95. The van der Waals surface area contributed by atoms with Gasteiger partial charge in [0.2, 0.25) is 5.91 Å². The fourth-order valence-corrected chi connectivity index (χ4v) is 2.01. The monoisotopic (exact) mass is 240 g/mol. The molecule has 0 radical (unpaired) electrons. The van der Waals surface area contributed by atoms with E-state index in [4.69, 9.17) is 11.6 Å². The van der Waals surface area contributed by atoms with E-state index in [2.05, 4.69) is 5.32 Å². The zero-order valence-electron chi connectivity index (χ0n) is 8.27. The van der Waals surface area contributed by atoms with E-state index in [1.165, 1.54) is 18.2 Å². The van der Waals surface area contributed by atoms with Gasteiger partial charge in [0.05, 0.1) is 11.0 Å². The second-order valence-corrected chi connectivity index (χ2v) is 4.03. The molecule has 0 spiro atoms. The average Bonchev–Trinajstić information content (AvgIpc) is 2.65. The summed E-state index contributed by atoms with van der Waals surface area (Å²) in [6, 6.07) is 4.04. The molecule has 84 valence electrons. The number of benzene rings is 1. The van der Waals surface area contributed by atoms with Crippen LogP contribution in [0.2, 0.25) is 5.02 Å². The van der Waals surface area contributed by atoms with Crippen LogP contribution < -0.4 is 5.32 Å². The van der Waals surface area contributed by atoms with Gasteiger partial charge in [-0.05, 0) is 18.1 Å². The normalized spacial score (nSPS) is 19.6. The van der Waals surface area contributed by atoms with Crippen molar-refractivity contribution in [1.29, 1.82) is 0 Å². The van der Waals surface area contributed by atoms with Gasteiger partial charge < -0.3 is 5.32 Å². The summed E-state index contributed by atoms with van der Waals surface area (Å²) < 4.78 is 0. The van der Waals surface area contributed by atoms with Crippen molar-refractivity contribution >= 4 is 23.2 Å². The number of non-ortho nitro benzene ring substituents is 1. The number of amides is 1. The maximum Gasteiger partial charge on any atom is 0.269 e. The van der Waals surface area contributed by atoms with Crippen molar-refractivity contribution in [3.8, 4) is 0 Å². The third-order valence-electron chi connectivity index (χ3n) is 2.56. The number of hydrogen-bond acceptors (Lipinski definition) is 3. The van der Waals surface area contributed by atoms with Gasteiger partial charge in [0.25, 0.3) is 5.69 Å². The number of nitro benzene ring substituents is 1. The van der Waals surface area contributed by atoms with Crippen molar-refractivity contribution < 1.29 is 9.72 Å². The molecule has 1 saturated heterocycles. The van der Waals surface area contributed by atoms with Crippen molar-refractivity contribution in [2.75, 3.05) is 0 Å². The number of rotatable bonds is 2. The summed E-state index contributed by atoms with van der Waals surface area (Å²) in [5, 5.41) is 13.8. The molecule has 1 N–H and O–H groups in total. The predicted molar refractivity (Wildman–Crippen MR) is 58.2 cm³/mol. The Labute approximate surface area is 96.6 Å². The molecule has 0 aromatic heterocycles. The molecule has 1 atom stereocenters. The molecule has 1 aromatic carbocycles. The molecule has 1 aromatic rings. The van der Waals surface area contributed by atoms with Gasteiger partial charge in [-0.1, -0.05) is 11.6 Å². The van der Waals surface area contributed by atoms with Gasteiger partial charge in [0, 0.05) is 23.6 Å². The second kappa shape index (κ2) is 4.09. The molecule has 16 heavy (non-hydrogen) atoms. The number of nitrogens with zero attached hydrogens (tertiary/aromatic N) is 1. The lowest BCUT2D eigenvalue weighted by atomic mass is 10.0. The number of carbonyl (C=O) groups is 1. The van der Waals surface area contributed by atoms with Crippen LogP contribution in [0.25, 0.3) is 0 Å². The molecule has 1 fully saturated rings. The Bertz CT molecular complexity index is 461. The van der Waals surface area contributed by atoms with E-state index in [-0.39, 0.29) is 17.6 Å². The molecule has 1 amide bonds. The fourth-order valence-electron chi connectivity index (χ4n) is 1.76. The first-order chi connectivity index (χ1) is 7.58. The first-order valence-electron chi connectivity index (χ1n) is 4.81. The highest BCUT2D eigenvalue weighted by Gasteiger charge is 2.25. The molecule has 5 nitrogen and oxygen atoms in total. The highest BCUT2D eigenvalue weighted by Crippen LogP contribution is 2.32. The van der Waals surface area contributed by atoms with Gasteiger partial charge >= 0.3 is 0 Å². The van der Waals surface area contributed by atoms with Crippen LogP contribution >= 0.6 is 11.6 Å². The molecule has 0 saturated carbocycles. The van der Waals surface area contributed by atoms with Gasteiger partial charge in [0.1, 0.15) is 0 Å². The topological polar surface area (TPSA) is 72.2 Å². The molecule has 2 rings (SSSR count). The quantitative estimate of drug-likeness (QED) is 0.636. The van der Waals surface area contributed by atoms with Crippen LogP contribution in [-0.4, -0.2) is 10.8 Å². The maximum atomic E-state index is 11.1. The number of halogens is 1. The number of hydrogen-bond donors (Lipinski definition) is 1. The van der Waals surface area contributed by atoms with E-state index in [1.54, 1.807) is 0 Å². The maximum absolute atomic E-state index is 11.1. The van der Waals surface area contributed by atoms with Gasteiger partial charge in [-0.25, -0.2) is 0 Å². The van der Waals surface area contributed by atoms with Crippen LogP contribution in [0.5, 0.6) is 0 Å². The van der Waals surface area contributed by atoms with Crippen molar-refractivity contribution in [2.24, 2.45) is 0 Å². The van der Waals surface area contributed by atoms with E-state index < -0.39 is 4.92 Å². The van der Waals surface area contributed by atoms with Crippen LogP contribution in [0.1, 0.15) is 24.4 Å². The van der Waals surface area contributed by atoms with Crippen LogP contribution in [0.15, 0.2) is 18.2 Å². The van der Waals surface area contributed by atoms with Crippen LogP contribution in [0.4, 0.5) is 5.69 Å². The number of carbonyl (C=O) groups excluding carboxylic acids is 1. The zero-order valence-corrected chi connectivity index (χ0v) is 9.03. The van der Waals surface area contributed by atoms with Crippen LogP contribution in [-0.2, 0) is 4.79 Å². The molecule has 6 heteroatoms. The second-order valence-electron chi connectivity index (χ2n) is 3.62. The SMILES string of the molecule is O=C1CC[C@@H](c2cc([N+](=O)[O-])ccc2Cl)N1. The fraction of sp³-hybridized carbons (Fsp3) is 0.300. The minimum atomic E-state index is -0.476. The summed E-state index contributed by atoms with van der Waals surface area (Å²) in [6.07, 6.45) is 1.06. The lowest BCUT2D eigenvalue weighted by molar-refractivity contribution is -0.384. The van der Waals surface area contributed by atoms with Gasteiger partial charge in [-0.2, -0.15) is 0 Å². The standard InChI is InChI=1S/C10H9ClN2O3/c11-8-2-1-6(13(15)16)5-7(8)9-3-4-10(14)12-9/h1-2,5,9H,3-4H2,(H,12,14)/t9-/m0/s1. The Morgan fingerprint density at radius 1 is 1.50 bits per heavy atom. The van der Waals surface area contributed by atoms with E-state index in [0.29, 0.717) is 23.4 Å². The number of nitro groups is 1. The first-order valence-corrected chi connectivity index (χ1v) is 5.19. The molecule has 0 bridgehead atoms. The lowest BCUT2D eigenvalue weighted by Crippen LogP contribution is -2.18. The van der Waals surface area contributed by atoms with Crippen molar-refractivity contribution in [1.82, 2.24) is 5.32 Å². The summed E-state index contributed by atoms with van der Waals surface area (Å²) in [4.78, 5) is 21.2. The first kappa shape index (κ1) is 10.9. The minimum absolute atomic E-state index is 0.0134. The van der Waals surface area contributed by atoms with Gasteiger partial charge in [-0.15, -0.1) is 0 Å². The van der Waals surface area contributed by atoms with E-state index in [0.717, 1.165) is 0 Å². The molecular weight excluding hydrogens is 232 g/mol. The smallest absolute Gasteiger partial charge is 0.269 e. The van der Waals surface area contributed by atoms with Crippen LogP contribution in [0.3, 0.4) is 0 Å². The molecule has 1 aliphatic rings. The van der Waals surface area contributed by atoms with E-state index in [9.17, 15) is 14.9 Å². The van der Waals surface area contributed by atoms with Crippen molar-refractivity contribution in [2.45, 2.75) is 18.9 Å². The highest BCUT2D eigenvalue weighted by molar-refractivity contribution is 6.31. The molecular formula is C10H9ClN2O3. The average molecular weight is 241 g/mol. The van der Waals surface area contributed by atoms with Crippen molar-refractivity contribution in [3.63, 3.8) is 0 Å². The largest absolute Gasteiger partial charge is 0.349 e. The summed E-state index contributed by atoms with van der Waals surface area (Å²) in [5.74, 6) is -0.0485. The third-order valence-corrected chi connectivity index (χ3v) is 2.91. The van der Waals surface area contributed by atoms with Crippen LogP contribution in [0, 0.1) is 10.1 Å². The lowest BCUT2D eigenvalue weighted by Gasteiger charge is -2.11. The zero-order chi connectivity index (χ0) is 11.7. The Balaban J connectivity index is 2.35. The molecule has 0 unspecified atom stereocenters. The summed E-state index contributed by atoms with van der Waals surface area (Å²) in [7, 11) is 0. The third kappa shape index (κ3) is 1.99. The predicted octanol–water partition coefficient (Wildman–Crippen LogP) is 2.20. The Morgan fingerprint density at radius 2 is 2.25 bits per heavy atom. The summed E-state index contributed by atoms with van der Waals surface area (Å²) in [6.45, 7) is 0. The Hall–Kier alpha value is -1.62.